The van der Waals surface area contributed by atoms with Gasteiger partial charge in [0.1, 0.15) is 0 Å². The second-order valence-electron chi connectivity index (χ2n) is 4.73. The maximum atomic E-state index is 7.64. The Labute approximate surface area is 123 Å². The molecule has 1 atom stereocenters. The molecule has 2 aromatic rings. The van der Waals surface area contributed by atoms with Crippen LogP contribution in [0.3, 0.4) is 0 Å². The van der Waals surface area contributed by atoms with E-state index < -0.39 is 0 Å². The molecule has 100 valence electrons. The smallest absolute Gasteiger partial charge is 0.192 e. The molecular weight excluding hydrogens is 281 g/mol. The number of nitrogens with one attached hydrogen (secondary N) is 1. The number of benzene rings is 2. The Kier molecular flexibility index (Phi) is 3.61. The molecule has 0 amide bonds. The van der Waals surface area contributed by atoms with E-state index in [2.05, 4.69) is 13.0 Å². The Bertz CT molecular complexity index is 654. The molecule has 1 aliphatic heterocycles. The fourth-order valence-electron chi connectivity index (χ4n) is 2.78. The molecule has 3 N–H and O–H groups in total. The maximum absolute atomic E-state index is 7.64. The van der Waals surface area contributed by atoms with Crippen molar-refractivity contribution in [2.75, 3.05) is 11.4 Å². The summed E-state index contributed by atoms with van der Waals surface area (Å²) in [6.45, 7) is 2.92. The van der Waals surface area contributed by atoms with Crippen LogP contribution < -0.4 is 10.6 Å². The highest BCUT2D eigenvalue weighted by atomic mass is 35.5. The molecule has 2 aromatic carbocycles. The summed E-state index contributed by atoms with van der Waals surface area (Å²) >= 11 is 6.22. The molecule has 1 heterocycles. The van der Waals surface area contributed by atoms with Crippen molar-refractivity contribution in [3.63, 3.8) is 0 Å². The molecule has 0 saturated heterocycles. The van der Waals surface area contributed by atoms with Crippen LogP contribution in [0.15, 0.2) is 30.3 Å². The number of rotatable bonds is 0. The van der Waals surface area contributed by atoms with Crippen molar-refractivity contribution in [2.45, 2.75) is 12.8 Å². The predicted octanol–water partition coefficient (Wildman–Crippen LogP) is 3.73. The van der Waals surface area contributed by atoms with E-state index in [4.69, 9.17) is 22.7 Å². The van der Waals surface area contributed by atoms with E-state index in [0.717, 1.165) is 28.0 Å². The van der Waals surface area contributed by atoms with Crippen LogP contribution in [0.25, 0.3) is 10.8 Å². The van der Waals surface area contributed by atoms with Crippen molar-refractivity contribution in [1.82, 2.24) is 0 Å². The van der Waals surface area contributed by atoms with Crippen molar-refractivity contribution in [1.29, 1.82) is 5.41 Å². The molecule has 1 unspecified atom stereocenters. The highest BCUT2D eigenvalue weighted by Crippen LogP contribution is 2.41. The molecule has 0 radical (unpaired) electrons. The molecule has 0 bridgehead atoms. The Morgan fingerprint density at radius 1 is 1.32 bits per heavy atom. The number of fused-ring (bicyclic) bond motifs is 3. The molecule has 0 fully saturated rings. The Balaban J connectivity index is 0.00000133. The third-order valence-corrected chi connectivity index (χ3v) is 3.89. The van der Waals surface area contributed by atoms with Gasteiger partial charge in [0.2, 0.25) is 0 Å². The van der Waals surface area contributed by atoms with Gasteiger partial charge < -0.3 is 10.6 Å². The van der Waals surface area contributed by atoms with Crippen LogP contribution in [0.1, 0.15) is 18.4 Å². The number of halogens is 2. The van der Waals surface area contributed by atoms with Gasteiger partial charge in [-0.1, -0.05) is 36.7 Å². The third kappa shape index (κ3) is 2.03. The molecule has 5 heteroatoms. The minimum atomic E-state index is 0. The van der Waals surface area contributed by atoms with E-state index >= 15 is 0 Å². The van der Waals surface area contributed by atoms with Gasteiger partial charge >= 0.3 is 0 Å². The van der Waals surface area contributed by atoms with Crippen molar-refractivity contribution in [2.24, 2.45) is 5.73 Å². The third-order valence-electron chi connectivity index (χ3n) is 3.56. The standard InChI is InChI=1S/C14H14ClN3.ClH/c1-8-7-18(14(16)17)12-6-5-9-10(13(8)12)3-2-4-11(9)15;/h2-6,8H,7H2,1H3,(H3,16,17);1H. The van der Waals surface area contributed by atoms with Crippen molar-refractivity contribution in [3.05, 3.63) is 40.9 Å². The molecule has 19 heavy (non-hydrogen) atoms. The number of guanidine groups is 1. The second-order valence-corrected chi connectivity index (χ2v) is 5.14. The average Bonchev–Trinajstić information content (AvgIpc) is 2.68. The first-order chi connectivity index (χ1) is 8.59. The normalized spacial score (nSPS) is 17.2. The van der Waals surface area contributed by atoms with Gasteiger partial charge in [0, 0.05) is 28.6 Å². The summed E-state index contributed by atoms with van der Waals surface area (Å²) in [6.07, 6.45) is 0. The van der Waals surface area contributed by atoms with Gasteiger partial charge in [-0.15, -0.1) is 12.4 Å². The van der Waals surface area contributed by atoms with Crippen LogP contribution in [-0.4, -0.2) is 12.5 Å². The van der Waals surface area contributed by atoms with E-state index in [1.807, 2.05) is 29.2 Å². The zero-order valence-corrected chi connectivity index (χ0v) is 12.1. The fraction of sp³-hybridized carbons (Fsp3) is 0.214. The predicted molar refractivity (Wildman–Crippen MR) is 83.9 cm³/mol. The fourth-order valence-corrected chi connectivity index (χ4v) is 3.01. The zero-order chi connectivity index (χ0) is 12.9. The SMILES string of the molecule is CC1CN(C(=N)N)c2ccc3c(Cl)cccc3c21.Cl. The molecule has 0 spiro atoms. The Morgan fingerprint density at radius 3 is 2.74 bits per heavy atom. The largest absolute Gasteiger partial charge is 0.370 e. The van der Waals surface area contributed by atoms with Gasteiger partial charge in [-0.3, -0.25) is 5.41 Å². The summed E-state index contributed by atoms with van der Waals surface area (Å²) in [4.78, 5) is 1.85. The van der Waals surface area contributed by atoms with Crippen molar-refractivity contribution >= 4 is 46.4 Å². The van der Waals surface area contributed by atoms with Crippen LogP contribution >= 0.6 is 24.0 Å². The maximum Gasteiger partial charge on any atom is 0.192 e. The second kappa shape index (κ2) is 4.91. The van der Waals surface area contributed by atoms with Gasteiger partial charge in [0.25, 0.3) is 0 Å². The summed E-state index contributed by atoms with van der Waals surface area (Å²) < 4.78 is 0. The highest BCUT2D eigenvalue weighted by Gasteiger charge is 2.28. The van der Waals surface area contributed by atoms with E-state index in [-0.39, 0.29) is 18.4 Å². The molecule has 1 aliphatic rings. The lowest BCUT2D eigenvalue weighted by Crippen LogP contribution is -2.35. The van der Waals surface area contributed by atoms with Gasteiger partial charge in [-0.25, -0.2) is 0 Å². The topological polar surface area (TPSA) is 53.1 Å². The van der Waals surface area contributed by atoms with E-state index in [9.17, 15) is 0 Å². The summed E-state index contributed by atoms with van der Waals surface area (Å²) in [5.74, 6) is 0.452. The molecule has 0 saturated carbocycles. The lowest BCUT2D eigenvalue weighted by Gasteiger charge is -2.17. The Hall–Kier alpha value is -1.45. The molecule has 0 aliphatic carbocycles. The zero-order valence-electron chi connectivity index (χ0n) is 10.5. The quantitative estimate of drug-likeness (QED) is 0.575. The first kappa shape index (κ1) is 14.0. The van der Waals surface area contributed by atoms with Crippen molar-refractivity contribution in [3.8, 4) is 0 Å². The summed E-state index contributed by atoms with van der Waals surface area (Å²) in [6, 6.07) is 9.96. The molecule has 3 rings (SSSR count). The van der Waals surface area contributed by atoms with E-state index in [0.29, 0.717) is 5.92 Å². The van der Waals surface area contributed by atoms with Crippen LogP contribution in [0.2, 0.25) is 5.02 Å². The van der Waals surface area contributed by atoms with Crippen LogP contribution in [0, 0.1) is 5.41 Å². The number of nitrogens with zero attached hydrogens (tertiary/aromatic N) is 1. The number of hydrogen-bond acceptors (Lipinski definition) is 1. The summed E-state index contributed by atoms with van der Waals surface area (Å²) in [7, 11) is 0. The van der Waals surface area contributed by atoms with Gasteiger partial charge in [-0.05, 0) is 23.1 Å². The van der Waals surface area contributed by atoms with Crippen LogP contribution in [-0.2, 0) is 0 Å². The highest BCUT2D eigenvalue weighted by molar-refractivity contribution is 6.35. The van der Waals surface area contributed by atoms with Gasteiger partial charge in [0.05, 0.1) is 0 Å². The monoisotopic (exact) mass is 295 g/mol. The number of hydrogen-bond donors (Lipinski definition) is 2. The molecule has 0 aromatic heterocycles. The summed E-state index contributed by atoms with van der Waals surface area (Å²) in [5, 5.41) is 10.6. The summed E-state index contributed by atoms with van der Waals surface area (Å²) in [5.41, 5.74) is 7.91. The molecular formula is C14H15Cl2N3. The van der Waals surface area contributed by atoms with Gasteiger partial charge in [-0.2, -0.15) is 0 Å². The lowest BCUT2D eigenvalue weighted by molar-refractivity contribution is 0.822. The molecule has 3 nitrogen and oxygen atoms in total. The lowest BCUT2D eigenvalue weighted by atomic mass is 9.96. The van der Waals surface area contributed by atoms with E-state index in [1.165, 1.54) is 5.56 Å². The van der Waals surface area contributed by atoms with Crippen LogP contribution in [0.5, 0.6) is 0 Å². The average molecular weight is 296 g/mol. The van der Waals surface area contributed by atoms with Crippen LogP contribution in [0.4, 0.5) is 5.69 Å². The number of anilines is 1. The first-order valence-corrected chi connectivity index (χ1v) is 6.30. The van der Waals surface area contributed by atoms with Crippen molar-refractivity contribution < 1.29 is 0 Å². The number of nitrogens with two attached hydrogens (primary N) is 1. The minimum absolute atomic E-state index is 0. The first-order valence-electron chi connectivity index (χ1n) is 5.92. The Morgan fingerprint density at radius 2 is 2.05 bits per heavy atom. The van der Waals surface area contributed by atoms with E-state index in [1.54, 1.807) is 0 Å². The minimum Gasteiger partial charge on any atom is -0.370 e. The van der Waals surface area contributed by atoms with Gasteiger partial charge in [0.15, 0.2) is 5.96 Å².